The highest BCUT2D eigenvalue weighted by molar-refractivity contribution is 7.89. The van der Waals surface area contributed by atoms with Gasteiger partial charge in [0, 0.05) is 32.2 Å². The average molecular weight is 272 g/mol. The first-order valence-electron chi connectivity index (χ1n) is 6.17. The molecule has 0 saturated carbocycles. The molecule has 1 fully saturated rings. The van der Waals surface area contributed by atoms with Gasteiger partial charge in [-0.1, -0.05) is 0 Å². The summed E-state index contributed by atoms with van der Waals surface area (Å²) in [5.74, 6) is 0.620. The molecule has 0 unspecified atom stereocenters. The van der Waals surface area contributed by atoms with Crippen LogP contribution < -0.4 is 0 Å². The number of piperazine rings is 1. The molecule has 1 aliphatic heterocycles. The van der Waals surface area contributed by atoms with Crippen LogP contribution in [0, 0.1) is 6.92 Å². The average Bonchev–Trinajstić information content (AvgIpc) is 2.76. The van der Waals surface area contributed by atoms with Crippen molar-refractivity contribution in [1.29, 1.82) is 0 Å². The monoisotopic (exact) mass is 272 g/mol. The van der Waals surface area contributed by atoms with Crippen LogP contribution in [0.4, 0.5) is 0 Å². The van der Waals surface area contributed by atoms with Crippen LogP contribution in [-0.4, -0.2) is 59.8 Å². The Labute approximate surface area is 108 Å². The Bertz CT molecular complexity index is 501. The number of nitrogens with zero attached hydrogens (tertiary/aromatic N) is 3. The van der Waals surface area contributed by atoms with E-state index in [1.54, 1.807) is 6.92 Å². The molecule has 0 aromatic carbocycles. The lowest BCUT2D eigenvalue weighted by molar-refractivity contribution is 0.154. The Morgan fingerprint density at radius 3 is 2.33 bits per heavy atom. The summed E-state index contributed by atoms with van der Waals surface area (Å²) in [7, 11) is -3.40. The number of H-pyrrole nitrogens is 1. The molecule has 102 valence electrons. The maximum absolute atomic E-state index is 12.3. The van der Waals surface area contributed by atoms with Gasteiger partial charge in [0.05, 0.1) is 6.20 Å². The zero-order chi connectivity index (χ0) is 13.3. The number of nitrogens with one attached hydrogen (secondary N) is 1. The van der Waals surface area contributed by atoms with Gasteiger partial charge in [0.1, 0.15) is 5.82 Å². The summed E-state index contributed by atoms with van der Waals surface area (Å²) in [4.78, 5) is 9.02. The number of aromatic amines is 1. The third-order valence-electron chi connectivity index (χ3n) is 3.30. The van der Waals surface area contributed by atoms with Gasteiger partial charge in [0.25, 0.3) is 10.0 Å². The highest BCUT2D eigenvalue weighted by Gasteiger charge is 2.30. The smallest absolute Gasteiger partial charge is 0.260 e. The number of hydrogen-bond donors (Lipinski definition) is 1. The normalized spacial score (nSPS) is 19.6. The maximum atomic E-state index is 12.3. The van der Waals surface area contributed by atoms with E-state index in [2.05, 4.69) is 28.7 Å². The van der Waals surface area contributed by atoms with Crippen molar-refractivity contribution < 1.29 is 8.42 Å². The van der Waals surface area contributed by atoms with Crippen molar-refractivity contribution in [3.63, 3.8) is 0 Å². The van der Waals surface area contributed by atoms with Gasteiger partial charge in [-0.15, -0.1) is 0 Å². The van der Waals surface area contributed by atoms with Gasteiger partial charge in [-0.2, -0.15) is 4.31 Å². The molecule has 0 bridgehead atoms. The molecule has 0 radical (unpaired) electrons. The van der Waals surface area contributed by atoms with Crippen molar-refractivity contribution in [1.82, 2.24) is 19.2 Å². The minimum atomic E-state index is -3.40. The molecule has 0 atom stereocenters. The van der Waals surface area contributed by atoms with Gasteiger partial charge >= 0.3 is 0 Å². The number of hydrogen-bond acceptors (Lipinski definition) is 4. The fourth-order valence-electron chi connectivity index (χ4n) is 2.13. The lowest BCUT2D eigenvalue weighted by atomic mass is 10.3. The molecule has 1 aliphatic rings. The fourth-order valence-corrected chi connectivity index (χ4v) is 3.51. The highest BCUT2D eigenvalue weighted by atomic mass is 32.2. The van der Waals surface area contributed by atoms with Crippen molar-refractivity contribution in [3.8, 4) is 0 Å². The van der Waals surface area contributed by atoms with Gasteiger partial charge in [-0.05, 0) is 20.8 Å². The van der Waals surface area contributed by atoms with E-state index in [9.17, 15) is 8.42 Å². The second-order valence-corrected chi connectivity index (χ2v) is 6.77. The van der Waals surface area contributed by atoms with Crippen LogP contribution in [0.5, 0.6) is 0 Å². The largest absolute Gasteiger partial charge is 0.332 e. The van der Waals surface area contributed by atoms with Crippen molar-refractivity contribution in [2.45, 2.75) is 31.8 Å². The molecule has 2 heterocycles. The molecule has 18 heavy (non-hydrogen) atoms. The van der Waals surface area contributed by atoms with E-state index < -0.39 is 10.0 Å². The van der Waals surface area contributed by atoms with Gasteiger partial charge in [-0.25, -0.2) is 13.4 Å². The summed E-state index contributed by atoms with van der Waals surface area (Å²) >= 11 is 0. The van der Waals surface area contributed by atoms with Crippen LogP contribution in [0.25, 0.3) is 0 Å². The Hall–Kier alpha value is -0.920. The van der Waals surface area contributed by atoms with Crippen LogP contribution in [-0.2, 0) is 10.0 Å². The van der Waals surface area contributed by atoms with E-state index in [-0.39, 0.29) is 5.03 Å². The van der Waals surface area contributed by atoms with Gasteiger partial charge in [-0.3, -0.25) is 4.90 Å². The van der Waals surface area contributed by atoms with Gasteiger partial charge in [0.2, 0.25) is 0 Å². The Morgan fingerprint density at radius 1 is 1.28 bits per heavy atom. The molecular formula is C11H20N4O2S. The number of aryl methyl sites for hydroxylation is 1. The zero-order valence-electron chi connectivity index (χ0n) is 11.0. The fraction of sp³-hybridized carbons (Fsp3) is 0.727. The summed E-state index contributed by atoms with van der Waals surface area (Å²) in [6.07, 6.45) is 1.39. The number of sulfonamides is 1. The van der Waals surface area contributed by atoms with Crippen molar-refractivity contribution in [2.24, 2.45) is 0 Å². The number of rotatable bonds is 3. The second kappa shape index (κ2) is 4.99. The summed E-state index contributed by atoms with van der Waals surface area (Å²) < 4.78 is 26.2. The predicted molar refractivity (Wildman–Crippen MR) is 68.8 cm³/mol. The molecule has 6 nitrogen and oxygen atoms in total. The third kappa shape index (κ3) is 2.57. The first-order valence-corrected chi connectivity index (χ1v) is 7.61. The molecule has 7 heteroatoms. The second-order valence-electron chi connectivity index (χ2n) is 4.87. The third-order valence-corrected chi connectivity index (χ3v) is 5.11. The highest BCUT2D eigenvalue weighted by Crippen LogP contribution is 2.16. The SMILES string of the molecule is Cc1ncc(S(=O)(=O)N2CCN(C(C)C)CC2)[nH]1. The summed E-state index contributed by atoms with van der Waals surface area (Å²) in [6, 6.07) is 0.462. The van der Waals surface area contributed by atoms with Crippen molar-refractivity contribution in [2.75, 3.05) is 26.2 Å². The van der Waals surface area contributed by atoms with Gasteiger partial charge in [0.15, 0.2) is 5.03 Å². The molecule has 0 amide bonds. The maximum Gasteiger partial charge on any atom is 0.260 e. The lowest BCUT2D eigenvalue weighted by Gasteiger charge is -2.35. The van der Waals surface area contributed by atoms with Crippen LogP contribution in [0.3, 0.4) is 0 Å². The minimum absolute atomic E-state index is 0.193. The van der Waals surface area contributed by atoms with E-state index in [1.165, 1.54) is 10.5 Å². The van der Waals surface area contributed by atoms with E-state index in [4.69, 9.17) is 0 Å². The Balaban J connectivity index is 2.09. The van der Waals surface area contributed by atoms with Gasteiger partial charge < -0.3 is 4.98 Å². The molecule has 0 aliphatic carbocycles. The molecule has 1 aromatic rings. The van der Waals surface area contributed by atoms with Crippen molar-refractivity contribution in [3.05, 3.63) is 12.0 Å². The van der Waals surface area contributed by atoms with E-state index in [1.807, 2.05) is 0 Å². The minimum Gasteiger partial charge on any atom is -0.332 e. The molecule has 1 aromatic heterocycles. The standard InChI is InChI=1S/C11H20N4O2S/c1-9(2)14-4-6-15(7-5-14)18(16,17)11-8-12-10(3)13-11/h8-9H,4-7H2,1-3H3,(H,12,13). The number of aromatic nitrogens is 2. The lowest BCUT2D eigenvalue weighted by Crippen LogP contribution is -2.50. The van der Waals surface area contributed by atoms with E-state index >= 15 is 0 Å². The zero-order valence-corrected chi connectivity index (χ0v) is 11.9. The molecule has 0 spiro atoms. The first-order chi connectivity index (χ1) is 8.41. The van der Waals surface area contributed by atoms with Crippen LogP contribution in [0.15, 0.2) is 11.2 Å². The van der Waals surface area contributed by atoms with Crippen LogP contribution in [0.2, 0.25) is 0 Å². The molecule has 2 rings (SSSR count). The van der Waals surface area contributed by atoms with Crippen LogP contribution >= 0.6 is 0 Å². The quantitative estimate of drug-likeness (QED) is 0.866. The van der Waals surface area contributed by atoms with Crippen molar-refractivity contribution >= 4 is 10.0 Å². The molecular weight excluding hydrogens is 252 g/mol. The van der Waals surface area contributed by atoms with E-state index in [0.717, 1.165) is 13.1 Å². The molecule has 1 N–H and O–H groups in total. The predicted octanol–water partition coefficient (Wildman–Crippen LogP) is 0.433. The molecule has 1 saturated heterocycles. The number of imidazole rings is 1. The van der Waals surface area contributed by atoms with E-state index in [0.29, 0.717) is 25.0 Å². The topological polar surface area (TPSA) is 69.3 Å². The Kier molecular flexibility index (Phi) is 3.74. The summed E-state index contributed by atoms with van der Waals surface area (Å²) in [6.45, 7) is 8.64. The summed E-state index contributed by atoms with van der Waals surface area (Å²) in [5.41, 5.74) is 0. The Morgan fingerprint density at radius 2 is 1.89 bits per heavy atom. The summed E-state index contributed by atoms with van der Waals surface area (Å²) in [5, 5.41) is 0.193. The van der Waals surface area contributed by atoms with Crippen LogP contribution in [0.1, 0.15) is 19.7 Å². The first kappa shape index (κ1) is 13.5.